The van der Waals surface area contributed by atoms with Gasteiger partial charge in [-0.1, -0.05) is 19.4 Å². The number of nitrogens with zero attached hydrogens (tertiary/aromatic N) is 1. The fraction of sp³-hybridized carbons (Fsp3) is 0.333. The molecule has 5 nitrogen and oxygen atoms in total. The molecule has 0 fully saturated rings. The fourth-order valence-electron chi connectivity index (χ4n) is 1.74. The maximum absolute atomic E-state index is 11.8. The highest BCUT2D eigenvalue weighted by atomic mass is 16.2. The topological polar surface area (TPSA) is 83.8 Å². The van der Waals surface area contributed by atoms with Crippen LogP contribution in [0.1, 0.15) is 19.8 Å². The average Bonchev–Trinajstić information content (AvgIpc) is 2.78. The van der Waals surface area contributed by atoms with Crippen LogP contribution in [0.2, 0.25) is 0 Å². The first-order valence-electron chi connectivity index (χ1n) is 5.71. The van der Waals surface area contributed by atoms with Crippen molar-refractivity contribution in [3.63, 3.8) is 0 Å². The van der Waals surface area contributed by atoms with E-state index in [4.69, 9.17) is 5.73 Å². The summed E-state index contributed by atoms with van der Waals surface area (Å²) in [6.45, 7) is 2.00. The van der Waals surface area contributed by atoms with Gasteiger partial charge < -0.3 is 11.1 Å². The van der Waals surface area contributed by atoms with Crippen molar-refractivity contribution < 1.29 is 4.79 Å². The van der Waals surface area contributed by atoms with Crippen LogP contribution in [0.25, 0.3) is 10.9 Å². The van der Waals surface area contributed by atoms with Crippen LogP contribution in [0.4, 0.5) is 5.69 Å². The lowest BCUT2D eigenvalue weighted by Crippen LogP contribution is -2.35. The second-order valence-electron chi connectivity index (χ2n) is 4.02. The highest BCUT2D eigenvalue weighted by Gasteiger charge is 2.13. The number of anilines is 1. The highest BCUT2D eigenvalue weighted by molar-refractivity contribution is 6.02. The van der Waals surface area contributed by atoms with Crippen LogP contribution >= 0.6 is 0 Å². The number of benzene rings is 1. The van der Waals surface area contributed by atoms with Crippen molar-refractivity contribution in [2.45, 2.75) is 25.8 Å². The first kappa shape index (κ1) is 11.6. The molecule has 17 heavy (non-hydrogen) atoms. The van der Waals surface area contributed by atoms with Crippen LogP contribution in [0.5, 0.6) is 0 Å². The van der Waals surface area contributed by atoms with Crippen LogP contribution in [-0.4, -0.2) is 22.1 Å². The summed E-state index contributed by atoms with van der Waals surface area (Å²) in [5.74, 6) is -0.152. The minimum atomic E-state index is -0.456. The van der Waals surface area contributed by atoms with Gasteiger partial charge in [0.15, 0.2) is 0 Å². The largest absolute Gasteiger partial charge is 0.324 e. The molecule has 0 aliphatic carbocycles. The Hall–Kier alpha value is -1.88. The van der Waals surface area contributed by atoms with Crippen LogP contribution in [0.3, 0.4) is 0 Å². The summed E-state index contributed by atoms with van der Waals surface area (Å²) in [5, 5.41) is 10.5. The molecule has 1 unspecified atom stereocenters. The Morgan fingerprint density at radius 3 is 3.18 bits per heavy atom. The zero-order valence-corrected chi connectivity index (χ0v) is 9.73. The van der Waals surface area contributed by atoms with E-state index in [0.717, 1.165) is 23.0 Å². The molecule has 2 aromatic rings. The lowest BCUT2D eigenvalue weighted by molar-refractivity contribution is -0.117. The van der Waals surface area contributed by atoms with Gasteiger partial charge >= 0.3 is 0 Å². The molecule has 1 heterocycles. The van der Waals surface area contributed by atoms with Crippen molar-refractivity contribution in [2.24, 2.45) is 5.73 Å². The normalized spacial score (nSPS) is 12.6. The van der Waals surface area contributed by atoms with Crippen LogP contribution < -0.4 is 11.1 Å². The van der Waals surface area contributed by atoms with Crippen LogP contribution in [-0.2, 0) is 4.79 Å². The molecule has 1 atom stereocenters. The van der Waals surface area contributed by atoms with E-state index in [2.05, 4.69) is 15.5 Å². The standard InChI is InChI=1S/C12H16N4O/c1-2-4-9(13)12(17)15-10-5-3-6-11-8(10)7-14-16-11/h3,5-7,9H,2,4,13H2,1H3,(H,14,16)(H,15,17). The molecule has 90 valence electrons. The van der Waals surface area contributed by atoms with E-state index in [1.54, 1.807) is 6.20 Å². The van der Waals surface area contributed by atoms with Gasteiger partial charge in [0.05, 0.1) is 23.4 Å². The smallest absolute Gasteiger partial charge is 0.241 e. The monoisotopic (exact) mass is 232 g/mol. The minimum Gasteiger partial charge on any atom is -0.324 e. The lowest BCUT2D eigenvalue weighted by Gasteiger charge is -2.11. The highest BCUT2D eigenvalue weighted by Crippen LogP contribution is 2.21. The number of aromatic amines is 1. The van der Waals surface area contributed by atoms with Gasteiger partial charge in [-0.2, -0.15) is 5.10 Å². The molecule has 2 rings (SSSR count). The molecule has 1 aromatic heterocycles. The molecular weight excluding hydrogens is 216 g/mol. The van der Waals surface area contributed by atoms with Gasteiger partial charge in [0.1, 0.15) is 0 Å². The SMILES string of the molecule is CCCC(N)C(=O)Nc1cccc2[nH]ncc12. The average molecular weight is 232 g/mol. The van der Waals surface area contributed by atoms with Crippen molar-refractivity contribution in [3.8, 4) is 0 Å². The molecule has 0 aliphatic rings. The first-order valence-corrected chi connectivity index (χ1v) is 5.71. The van der Waals surface area contributed by atoms with Crippen LogP contribution in [0.15, 0.2) is 24.4 Å². The van der Waals surface area contributed by atoms with Gasteiger partial charge in [-0.3, -0.25) is 9.89 Å². The molecule has 0 spiro atoms. The van der Waals surface area contributed by atoms with Gasteiger partial charge in [-0.05, 0) is 18.6 Å². The van der Waals surface area contributed by atoms with Crippen molar-refractivity contribution in [2.75, 3.05) is 5.32 Å². The van der Waals surface area contributed by atoms with Gasteiger partial charge in [-0.15, -0.1) is 0 Å². The Morgan fingerprint density at radius 2 is 2.41 bits per heavy atom. The van der Waals surface area contributed by atoms with E-state index < -0.39 is 6.04 Å². The Morgan fingerprint density at radius 1 is 1.59 bits per heavy atom. The van der Waals surface area contributed by atoms with Crippen molar-refractivity contribution >= 4 is 22.5 Å². The molecule has 1 aromatic carbocycles. The Balaban J connectivity index is 2.18. The zero-order chi connectivity index (χ0) is 12.3. The first-order chi connectivity index (χ1) is 8.22. The van der Waals surface area contributed by atoms with Crippen LogP contribution in [0, 0.1) is 0 Å². The maximum Gasteiger partial charge on any atom is 0.241 e. The number of fused-ring (bicyclic) bond motifs is 1. The summed E-state index contributed by atoms with van der Waals surface area (Å²) >= 11 is 0. The molecule has 0 radical (unpaired) electrons. The quantitative estimate of drug-likeness (QED) is 0.749. The number of carbonyl (C=O) groups is 1. The molecule has 1 amide bonds. The number of rotatable bonds is 4. The Bertz CT molecular complexity index is 520. The number of carbonyl (C=O) groups excluding carboxylic acids is 1. The Kier molecular flexibility index (Phi) is 3.39. The molecule has 4 N–H and O–H groups in total. The maximum atomic E-state index is 11.8. The second kappa shape index (κ2) is 4.97. The van der Waals surface area contributed by atoms with Gasteiger partial charge in [0.2, 0.25) is 5.91 Å². The van der Waals surface area contributed by atoms with E-state index in [1.807, 2.05) is 25.1 Å². The number of hydrogen-bond donors (Lipinski definition) is 3. The summed E-state index contributed by atoms with van der Waals surface area (Å²) in [6.07, 6.45) is 3.27. The van der Waals surface area contributed by atoms with Crippen molar-refractivity contribution in [1.82, 2.24) is 10.2 Å². The summed E-state index contributed by atoms with van der Waals surface area (Å²) in [4.78, 5) is 11.8. The third kappa shape index (κ3) is 2.45. The molecule has 0 aliphatic heterocycles. The molecule has 0 saturated carbocycles. The van der Waals surface area contributed by atoms with Crippen molar-refractivity contribution in [3.05, 3.63) is 24.4 Å². The van der Waals surface area contributed by atoms with E-state index >= 15 is 0 Å². The third-order valence-electron chi connectivity index (χ3n) is 2.68. The van der Waals surface area contributed by atoms with Gasteiger partial charge in [0, 0.05) is 5.39 Å². The molecule has 0 bridgehead atoms. The predicted molar refractivity (Wildman–Crippen MR) is 67.6 cm³/mol. The minimum absolute atomic E-state index is 0.152. The van der Waals surface area contributed by atoms with E-state index in [-0.39, 0.29) is 5.91 Å². The number of nitrogens with two attached hydrogens (primary N) is 1. The molecular formula is C12H16N4O. The van der Waals surface area contributed by atoms with Gasteiger partial charge in [-0.25, -0.2) is 0 Å². The molecule has 0 saturated heterocycles. The lowest BCUT2D eigenvalue weighted by atomic mass is 10.1. The van der Waals surface area contributed by atoms with E-state index in [0.29, 0.717) is 6.42 Å². The number of aromatic nitrogens is 2. The number of H-pyrrole nitrogens is 1. The van der Waals surface area contributed by atoms with Crippen molar-refractivity contribution in [1.29, 1.82) is 0 Å². The fourth-order valence-corrected chi connectivity index (χ4v) is 1.74. The Labute approximate surface area is 99.4 Å². The summed E-state index contributed by atoms with van der Waals surface area (Å²) < 4.78 is 0. The summed E-state index contributed by atoms with van der Waals surface area (Å²) in [5.41, 5.74) is 7.40. The number of amides is 1. The molecule has 5 heteroatoms. The van der Waals surface area contributed by atoms with E-state index in [9.17, 15) is 4.79 Å². The summed E-state index contributed by atoms with van der Waals surface area (Å²) in [6, 6.07) is 5.15. The predicted octanol–water partition coefficient (Wildman–Crippen LogP) is 1.63. The zero-order valence-electron chi connectivity index (χ0n) is 9.73. The second-order valence-corrected chi connectivity index (χ2v) is 4.02. The number of nitrogens with one attached hydrogen (secondary N) is 2. The third-order valence-corrected chi connectivity index (χ3v) is 2.68. The summed E-state index contributed by atoms with van der Waals surface area (Å²) in [7, 11) is 0. The van der Waals surface area contributed by atoms with Gasteiger partial charge in [0.25, 0.3) is 0 Å². The van der Waals surface area contributed by atoms with E-state index in [1.165, 1.54) is 0 Å². The number of hydrogen-bond acceptors (Lipinski definition) is 3.